The summed E-state index contributed by atoms with van der Waals surface area (Å²) in [6, 6.07) is 18.6. The summed E-state index contributed by atoms with van der Waals surface area (Å²) < 4.78 is 0. The fourth-order valence-corrected chi connectivity index (χ4v) is 5.47. The predicted molar refractivity (Wildman–Crippen MR) is 111 cm³/mol. The third-order valence-electron chi connectivity index (χ3n) is 6.56. The van der Waals surface area contributed by atoms with Crippen molar-refractivity contribution in [1.82, 2.24) is 9.80 Å². The van der Waals surface area contributed by atoms with E-state index in [9.17, 15) is 0 Å². The van der Waals surface area contributed by atoms with Crippen LogP contribution >= 0.6 is 11.6 Å². The van der Waals surface area contributed by atoms with Gasteiger partial charge in [-0.3, -0.25) is 9.80 Å². The molecule has 0 bridgehead atoms. The maximum absolute atomic E-state index is 6.77. The van der Waals surface area contributed by atoms with Gasteiger partial charge in [0.15, 0.2) is 0 Å². The Labute approximate surface area is 160 Å². The van der Waals surface area contributed by atoms with Gasteiger partial charge in [0.2, 0.25) is 0 Å². The van der Waals surface area contributed by atoms with E-state index < -0.39 is 0 Å². The maximum atomic E-state index is 6.77. The largest absolute Gasteiger partial charge is 0.298 e. The van der Waals surface area contributed by atoms with E-state index in [4.69, 9.17) is 11.6 Å². The highest BCUT2D eigenvalue weighted by Crippen LogP contribution is 2.37. The van der Waals surface area contributed by atoms with Crippen LogP contribution < -0.4 is 0 Å². The van der Waals surface area contributed by atoms with Crippen molar-refractivity contribution in [2.45, 2.75) is 38.4 Å². The second-order valence-corrected chi connectivity index (χ2v) is 8.22. The molecule has 0 N–H and O–H groups in total. The molecule has 0 aliphatic carbocycles. The summed E-state index contributed by atoms with van der Waals surface area (Å²) in [6.07, 6.45) is 2.70. The number of hydrogen-bond acceptors (Lipinski definition) is 2. The molecule has 26 heavy (non-hydrogen) atoms. The molecule has 0 radical (unpaired) electrons. The first-order valence-electron chi connectivity index (χ1n) is 9.80. The average molecular weight is 365 g/mol. The summed E-state index contributed by atoms with van der Waals surface area (Å²) >= 11 is 6.77. The monoisotopic (exact) mass is 364 g/mol. The molecule has 3 aromatic carbocycles. The third-order valence-corrected chi connectivity index (χ3v) is 6.97. The SMILES string of the molecule is CC1C2CCCN2CCN1Cc1c2ccccc2c(Cl)c2ccccc12. The number of piperazine rings is 1. The van der Waals surface area contributed by atoms with Gasteiger partial charge in [-0.2, -0.15) is 0 Å². The third kappa shape index (κ3) is 2.55. The number of benzene rings is 3. The van der Waals surface area contributed by atoms with Crippen LogP contribution in [-0.4, -0.2) is 41.5 Å². The minimum absolute atomic E-state index is 0.611. The highest BCUT2D eigenvalue weighted by atomic mass is 35.5. The zero-order valence-corrected chi connectivity index (χ0v) is 16.0. The van der Waals surface area contributed by atoms with Crippen LogP contribution in [0.2, 0.25) is 5.02 Å². The fraction of sp³-hybridized carbons (Fsp3) is 0.391. The highest BCUT2D eigenvalue weighted by molar-refractivity contribution is 6.41. The molecule has 2 fully saturated rings. The standard InChI is InChI=1S/C23H25ClN2/c1-16-22-11-6-12-25(22)13-14-26(16)15-21-17-7-2-4-9-19(17)23(24)20-10-5-3-8-18(20)21/h2-5,7-10,16,22H,6,11-15H2,1H3. The molecule has 3 heteroatoms. The van der Waals surface area contributed by atoms with Gasteiger partial charge < -0.3 is 0 Å². The van der Waals surface area contributed by atoms with Crippen molar-refractivity contribution in [3.63, 3.8) is 0 Å². The van der Waals surface area contributed by atoms with Gasteiger partial charge in [-0.15, -0.1) is 0 Å². The van der Waals surface area contributed by atoms with Crippen LogP contribution in [0.3, 0.4) is 0 Å². The van der Waals surface area contributed by atoms with Gasteiger partial charge in [-0.05, 0) is 42.6 Å². The zero-order chi connectivity index (χ0) is 17.7. The number of halogens is 1. The quantitative estimate of drug-likeness (QED) is 0.568. The van der Waals surface area contributed by atoms with E-state index in [2.05, 4.69) is 65.3 Å². The molecule has 2 atom stereocenters. The lowest BCUT2D eigenvalue weighted by Gasteiger charge is -2.43. The number of nitrogens with zero attached hydrogens (tertiary/aromatic N) is 2. The van der Waals surface area contributed by atoms with E-state index in [1.807, 2.05) is 0 Å². The van der Waals surface area contributed by atoms with E-state index in [1.165, 1.54) is 53.0 Å². The van der Waals surface area contributed by atoms with E-state index in [0.717, 1.165) is 24.2 Å². The lowest BCUT2D eigenvalue weighted by Crippen LogP contribution is -2.55. The van der Waals surface area contributed by atoms with Crippen LogP contribution in [0.25, 0.3) is 21.5 Å². The molecule has 0 spiro atoms. The molecule has 134 valence electrons. The zero-order valence-electron chi connectivity index (χ0n) is 15.3. The average Bonchev–Trinajstić information content (AvgIpc) is 3.16. The van der Waals surface area contributed by atoms with Crippen molar-refractivity contribution in [1.29, 1.82) is 0 Å². The minimum Gasteiger partial charge on any atom is -0.298 e. The predicted octanol–water partition coefficient (Wildman–Crippen LogP) is 5.31. The first-order valence-corrected chi connectivity index (χ1v) is 10.2. The molecule has 0 aromatic heterocycles. The van der Waals surface area contributed by atoms with Crippen molar-refractivity contribution < 1.29 is 0 Å². The summed E-state index contributed by atoms with van der Waals surface area (Å²) in [5.74, 6) is 0. The molecular formula is C23H25ClN2. The van der Waals surface area contributed by atoms with Crippen LogP contribution in [0.15, 0.2) is 48.5 Å². The van der Waals surface area contributed by atoms with Gasteiger partial charge >= 0.3 is 0 Å². The van der Waals surface area contributed by atoms with Gasteiger partial charge in [-0.25, -0.2) is 0 Å². The van der Waals surface area contributed by atoms with Gasteiger partial charge in [0, 0.05) is 42.5 Å². The lowest BCUT2D eigenvalue weighted by atomic mass is 9.94. The highest BCUT2D eigenvalue weighted by Gasteiger charge is 2.36. The summed E-state index contributed by atoms with van der Waals surface area (Å²) in [5, 5.41) is 5.84. The van der Waals surface area contributed by atoms with E-state index in [0.29, 0.717) is 6.04 Å². The summed E-state index contributed by atoms with van der Waals surface area (Å²) in [4.78, 5) is 5.38. The van der Waals surface area contributed by atoms with Crippen molar-refractivity contribution in [3.8, 4) is 0 Å². The van der Waals surface area contributed by atoms with Crippen LogP contribution in [0.1, 0.15) is 25.3 Å². The Hall–Kier alpha value is -1.61. The van der Waals surface area contributed by atoms with Crippen molar-refractivity contribution >= 4 is 33.1 Å². The van der Waals surface area contributed by atoms with Crippen LogP contribution in [0.4, 0.5) is 0 Å². The molecule has 3 aromatic rings. The topological polar surface area (TPSA) is 6.48 Å². The number of fused-ring (bicyclic) bond motifs is 3. The second kappa shape index (κ2) is 6.53. The lowest BCUT2D eigenvalue weighted by molar-refractivity contribution is 0.0476. The van der Waals surface area contributed by atoms with E-state index in [1.54, 1.807) is 0 Å². The van der Waals surface area contributed by atoms with Crippen molar-refractivity contribution in [2.24, 2.45) is 0 Å². The first-order chi connectivity index (χ1) is 12.7. The molecule has 2 unspecified atom stereocenters. The number of rotatable bonds is 2. The Morgan fingerprint density at radius 3 is 2.15 bits per heavy atom. The number of hydrogen-bond donors (Lipinski definition) is 0. The second-order valence-electron chi connectivity index (χ2n) is 7.84. The molecular weight excluding hydrogens is 340 g/mol. The van der Waals surface area contributed by atoms with Crippen LogP contribution in [0, 0.1) is 0 Å². The normalized spacial score (nSPS) is 24.4. The minimum atomic E-state index is 0.611. The van der Waals surface area contributed by atoms with Crippen LogP contribution in [-0.2, 0) is 6.54 Å². The molecule has 2 aliphatic rings. The Bertz CT molecular complexity index is 910. The molecule has 2 saturated heterocycles. The summed E-state index contributed by atoms with van der Waals surface area (Å²) in [5.41, 5.74) is 1.43. The smallest absolute Gasteiger partial charge is 0.0562 e. The Kier molecular flexibility index (Phi) is 4.16. The van der Waals surface area contributed by atoms with E-state index in [-0.39, 0.29) is 0 Å². The molecule has 2 heterocycles. The summed E-state index contributed by atoms with van der Waals surface area (Å²) in [7, 11) is 0. The fourth-order valence-electron chi connectivity index (χ4n) is 5.14. The van der Waals surface area contributed by atoms with Crippen molar-refractivity contribution in [3.05, 3.63) is 59.1 Å². The van der Waals surface area contributed by atoms with Gasteiger partial charge in [-0.1, -0.05) is 60.1 Å². The Balaban J connectivity index is 1.62. The van der Waals surface area contributed by atoms with Gasteiger partial charge in [0.1, 0.15) is 0 Å². The first kappa shape index (κ1) is 16.6. The van der Waals surface area contributed by atoms with Gasteiger partial charge in [0.25, 0.3) is 0 Å². The van der Waals surface area contributed by atoms with Crippen LogP contribution in [0.5, 0.6) is 0 Å². The van der Waals surface area contributed by atoms with E-state index >= 15 is 0 Å². The summed E-state index contributed by atoms with van der Waals surface area (Å²) in [6.45, 7) is 7.07. The molecule has 0 amide bonds. The molecule has 2 aliphatic heterocycles. The Morgan fingerprint density at radius 1 is 0.885 bits per heavy atom. The molecule has 0 saturated carbocycles. The van der Waals surface area contributed by atoms with Crippen molar-refractivity contribution in [2.75, 3.05) is 19.6 Å². The van der Waals surface area contributed by atoms with Gasteiger partial charge in [0.05, 0.1) is 5.02 Å². The maximum Gasteiger partial charge on any atom is 0.0562 e. The molecule has 2 nitrogen and oxygen atoms in total. The molecule has 5 rings (SSSR count). The Morgan fingerprint density at radius 2 is 1.50 bits per heavy atom.